The normalized spacial score (nSPS) is 16.3. The van der Waals surface area contributed by atoms with Crippen LogP contribution >= 0.6 is 0 Å². The number of nitrogens with two attached hydrogens (primary N) is 1. The third-order valence-corrected chi connectivity index (χ3v) is 4.46. The van der Waals surface area contributed by atoms with Crippen LogP contribution in [0.1, 0.15) is 5.56 Å². The van der Waals surface area contributed by atoms with Crippen molar-refractivity contribution in [1.82, 2.24) is 4.90 Å². The summed E-state index contributed by atoms with van der Waals surface area (Å²) < 4.78 is 39.5. The molecule has 2 aliphatic rings. The van der Waals surface area contributed by atoms with Crippen LogP contribution in [0, 0.1) is 5.82 Å². The van der Waals surface area contributed by atoms with Crippen LogP contribution in [0.3, 0.4) is 0 Å². The maximum Gasteiger partial charge on any atom is 0.163 e. The number of ether oxygens (including phenoxy) is 2. The van der Waals surface area contributed by atoms with Crippen LogP contribution in [-0.4, -0.2) is 18.1 Å². The number of anilines is 1. The molecule has 0 atom stereocenters. The van der Waals surface area contributed by atoms with E-state index in [0.717, 1.165) is 0 Å². The maximum atomic E-state index is 14.4. The van der Waals surface area contributed by atoms with Crippen LogP contribution in [-0.2, 0) is 0 Å². The van der Waals surface area contributed by atoms with E-state index >= 15 is 0 Å². The fourth-order valence-electron chi connectivity index (χ4n) is 3.04. The Bertz CT molecular complexity index is 1060. The summed E-state index contributed by atoms with van der Waals surface area (Å²) in [6.07, 6.45) is 4.03. The van der Waals surface area contributed by atoms with Crippen LogP contribution in [0.4, 0.5) is 14.5 Å². The van der Waals surface area contributed by atoms with Gasteiger partial charge in [-0.05, 0) is 36.4 Å². The fourth-order valence-corrected chi connectivity index (χ4v) is 3.04. The molecule has 2 heterocycles. The number of hydrogen-bond donors (Lipinski definition) is 2. The fraction of sp³-hybridized carbons (Fsp3) is 0.0909. The Kier molecular flexibility index (Phi) is 4.95. The molecule has 0 fully saturated rings. The molecular weight excluding hydrogens is 376 g/mol. The van der Waals surface area contributed by atoms with Gasteiger partial charge in [0.1, 0.15) is 30.7 Å². The first-order chi connectivity index (χ1) is 14.0. The lowest BCUT2D eigenvalue weighted by Crippen LogP contribution is -2.26. The molecule has 0 aliphatic carbocycles. The molecule has 4 rings (SSSR count). The Morgan fingerprint density at radius 2 is 1.79 bits per heavy atom. The van der Waals surface area contributed by atoms with Gasteiger partial charge in [-0.2, -0.15) is 0 Å². The molecule has 7 heteroatoms. The summed E-state index contributed by atoms with van der Waals surface area (Å²) in [4.78, 5) is 1.44. The van der Waals surface area contributed by atoms with E-state index in [1.54, 1.807) is 36.4 Å². The summed E-state index contributed by atoms with van der Waals surface area (Å²) in [6.45, 7) is 4.84. The zero-order valence-electron chi connectivity index (χ0n) is 15.5. The van der Waals surface area contributed by atoms with Crippen molar-refractivity contribution >= 4 is 11.4 Å². The predicted octanol–water partition coefficient (Wildman–Crippen LogP) is 4.49. The summed E-state index contributed by atoms with van der Waals surface area (Å²) in [5, 5.41) is 3.15. The van der Waals surface area contributed by atoms with Gasteiger partial charge in [0.15, 0.2) is 11.5 Å². The molecule has 2 aliphatic heterocycles. The van der Waals surface area contributed by atoms with Gasteiger partial charge in [-0.15, -0.1) is 0 Å². The van der Waals surface area contributed by atoms with Crippen molar-refractivity contribution in [3.05, 3.63) is 96.1 Å². The number of fused-ring (bicyclic) bond motifs is 1. The molecule has 148 valence electrons. The van der Waals surface area contributed by atoms with E-state index in [0.29, 0.717) is 36.1 Å². The molecular formula is C22H19F2N3O2. The van der Waals surface area contributed by atoms with Crippen molar-refractivity contribution in [1.29, 1.82) is 0 Å². The topological polar surface area (TPSA) is 59.8 Å². The molecule has 0 spiro atoms. The summed E-state index contributed by atoms with van der Waals surface area (Å²) in [5.41, 5.74) is 7.68. The third kappa shape index (κ3) is 3.80. The van der Waals surface area contributed by atoms with Crippen LogP contribution in [0.15, 0.2) is 84.7 Å². The van der Waals surface area contributed by atoms with Gasteiger partial charge in [0, 0.05) is 29.2 Å². The Balaban J connectivity index is 1.79. The number of nitrogens with zero attached hydrogens (tertiary/aromatic N) is 1. The molecule has 5 nitrogen and oxygen atoms in total. The number of nitrogens with one attached hydrogen (secondary N) is 1. The highest BCUT2D eigenvalue weighted by atomic mass is 19.1. The summed E-state index contributed by atoms with van der Waals surface area (Å²) >= 11 is 0. The quantitative estimate of drug-likeness (QED) is 0.799. The summed E-state index contributed by atoms with van der Waals surface area (Å²) in [7, 11) is 0. The minimum Gasteiger partial charge on any atom is -0.486 e. The van der Waals surface area contributed by atoms with E-state index in [4.69, 9.17) is 15.2 Å². The van der Waals surface area contributed by atoms with E-state index in [-0.39, 0.29) is 17.1 Å². The van der Waals surface area contributed by atoms with Crippen molar-refractivity contribution in [2.24, 2.45) is 5.73 Å². The lowest BCUT2D eigenvalue weighted by molar-refractivity contribution is 0.171. The smallest absolute Gasteiger partial charge is 0.163 e. The van der Waals surface area contributed by atoms with E-state index in [1.807, 2.05) is 0 Å². The average molecular weight is 395 g/mol. The van der Waals surface area contributed by atoms with Gasteiger partial charge in [-0.1, -0.05) is 18.7 Å². The summed E-state index contributed by atoms with van der Waals surface area (Å²) in [6, 6.07) is 11.4. The highest BCUT2D eigenvalue weighted by Crippen LogP contribution is 2.34. The van der Waals surface area contributed by atoms with Crippen molar-refractivity contribution in [3.8, 4) is 11.5 Å². The molecule has 0 saturated heterocycles. The van der Waals surface area contributed by atoms with Crippen molar-refractivity contribution in [2.45, 2.75) is 0 Å². The second-order valence-electron chi connectivity index (χ2n) is 6.43. The number of allylic oxidation sites excluding steroid dienone is 3. The Labute approximate surface area is 167 Å². The number of halogens is 2. The van der Waals surface area contributed by atoms with E-state index < -0.39 is 11.6 Å². The average Bonchev–Trinajstić information content (AvgIpc) is 2.74. The zero-order valence-corrected chi connectivity index (χ0v) is 15.5. The van der Waals surface area contributed by atoms with Gasteiger partial charge >= 0.3 is 0 Å². The third-order valence-electron chi connectivity index (χ3n) is 4.46. The van der Waals surface area contributed by atoms with Gasteiger partial charge < -0.3 is 20.5 Å². The molecule has 0 radical (unpaired) electrons. The predicted molar refractivity (Wildman–Crippen MR) is 108 cm³/mol. The lowest BCUT2D eigenvalue weighted by atomic mass is 10.1. The van der Waals surface area contributed by atoms with Crippen LogP contribution in [0.2, 0.25) is 0 Å². The minimum absolute atomic E-state index is 0.0958. The summed E-state index contributed by atoms with van der Waals surface area (Å²) in [5.74, 6) is 0.486. The first kappa shape index (κ1) is 18.6. The van der Waals surface area contributed by atoms with Crippen molar-refractivity contribution in [2.75, 3.05) is 18.5 Å². The van der Waals surface area contributed by atoms with Crippen LogP contribution in [0.25, 0.3) is 5.70 Å². The van der Waals surface area contributed by atoms with Gasteiger partial charge in [0.05, 0.1) is 5.70 Å². The SMILES string of the molecule is C=C1C=CC(F)=CN1/C(Nc1ccc2c(c1)OCCO2)=C(\N)c1ccccc1F. The Morgan fingerprint density at radius 3 is 2.59 bits per heavy atom. The first-order valence-electron chi connectivity index (χ1n) is 8.98. The van der Waals surface area contributed by atoms with Crippen LogP contribution < -0.4 is 20.5 Å². The monoisotopic (exact) mass is 395 g/mol. The maximum absolute atomic E-state index is 14.4. The highest BCUT2D eigenvalue weighted by Gasteiger charge is 2.21. The van der Waals surface area contributed by atoms with E-state index in [1.165, 1.54) is 29.3 Å². The molecule has 29 heavy (non-hydrogen) atoms. The Hall–Kier alpha value is -3.74. The second kappa shape index (κ2) is 7.71. The molecule has 3 N–H and O–H groups in total. The standard InChI is InChI=1S/C22H19F2N3O2/c1-14-6-7-15(23)13-27(14)22(21(25)17-4-2-3-5-18(17)24)26-16-8-9-19-20(12-16)29-11-10-28-19/h2-9,12-13,26H,1,10-11,25H2/b22-21-. The van der Waals surface area contributed by atoms with Gasteiger partial charge in [-0.25, -0.2) is 8.78 Å². The zero-order chi connectivity index (χ0) is 20.4. The minimum atomic E-state index is -0.492. The lowest BCUT2D eigenvalue weighted by Gasteiger charge is -2.29. The van der Waals surface area contributed by atoms with Crippen LogP contribution in [0.5, 0.6) is 11.5 Å². The second-order valence-corrected chi connectivity index (χ2v) is 6.43. The molecule has 0 unspecified atom stereocenters. The molecule has 0 aromatic heterocycles. The number of rotatable bonds is 4. The first-order valence-corrected chi connectivity index (χ1v) is 8.98. The van der Waals surface area contributed by atoms with Crippen molar-refractivity contribution in [3.63, 3.8) is 0 Å². The molecule has 0 amide bonds. The van der Waals surface area contributed by atoms with Gasteiger partial charge in [0.25, 0.3) is 0 Å². The highest BCUT2D eigenvalue weighted by molar-refractivity contribution is 5.71. The largest absolute Gasteiger partial charge is 0.486 e. The van der Waals surface area contributed by atoms with Gasteiger partial charge in [-0.3, -0.25) is 4.90 Å². The Morgan fingerprint density at radius 1 is 1.03 bits per heavy atom. The van der Waals surface area contributed by atoms with E-state index in [2.05, 4.69) is 11.9 Å². The molecule has 0 bridgehead atoms. The van der Waals surface area contributed by atoms with Crippen molar-refractivity contribution < 1.29 is 18.3 Å². The van der Waals surface area contributed by atoms with E-state index in [9.17, 15) is 8.78 Å². The molecule has 2 aromatic rings. The number of benzene rings is 2. The molecule has 2 aromatic carbocycles. The van der Waals surface area contributed by atoms with Gasteiger partial charge in [0.2, 0.25) is 0 Å². The number of hydrogen-bond acceptors (Lipinski definition) is 5. The molecule has 0 saturated carbocycles.